The quantitative estimate of drug-likeness (QED) is 0.785. The van der Waals surface area contributed by atoms with Crippen LogP contribution in [-0.4, -0.2) is 38.2 Å². The van der Waals surface area contributed by atoms with Crippen LogP contribution in [0.4, 0.5) is 0 Å². The van der Waals surface area contributed by atoms with Crippen molar-refractivity contribution in [3.63, 3.8) is 0 Å². The van der Waals surface area contributed by atoms with Gasteiger partial charge in [0.05, 0.1) is 13.2 Å². The van der Waals surface area contributed by atoms with Crippen LogP contribution in [0, 0.1) is 0 Å². The maximum Gasteiger partial charge on any atom is 0.118 e. The van der Waals surface area contributed by atoms with E-state index in [1.165, 1.54) is 21.9 Å². The van der Waals surface area contributed by atoms with Gasteiger partial charge in [0.1, 0.15) is 5.75 Å². The van der Waals surface area contributed by atoms with Crippen molar-refractivity contribution in [2.75, 3.05) is 33.3 Å². The van der Waals surface area contributed by atoms with E-state index >= 15 is 0 Å². The molecular formula is C22H24N2O. The molecule has 0 aliphatic carbocycles. The van der Waals surface area contributed by atoms with E-state index in [9.17, 15) is 0 Å². The van der Waals surface area contributed by atoms with E-state index in [1.54, 1.807) is 7.11 Å². The second-order valence-corrected chi connectivity index (χ2v) is 6.53. The molecule has 3 aromatic rings. The topological polar surface area (TPSA) is 24.5 Å². The molecule has 25 heavy (non-hydrogen) atoms. The number of piperazine rings is 1. The van der Waals surface area contributed by atoms with Crippen molar-refractivity contribution < 1.29 is 4.74 Å². The first-order valence-corrected chi connectivity index (χ1v) is 8.93. The van der Waals surface area contributed by atoms with Crippen molar-refractivity contribution in [3.05, 3.63) is 77.9 Å². The first kappa shape index (κ1) is 16.1. The number of nitrogens with zero attached hydrogens (tertiary/aromatic N) is 1. The largest absolute Gasteiger partial charge is 0.497 e. The van der Waals surface area contributed by atoms with E-state index < -0.39 is 0 Å². The Morgan fingerprint density at radius 3 is 2.36 bits per heavy atom. The molecule has 1 fully saturated rings. The van der Waals surface area contributed by atoms with Gasteiger partial charge in [-0.15, -0.1) is 0 Å². The molecule has 3 heteroatoms. The third-order valence-corrected chi connectivity index (χ3v) is 5.07. The predicted molar refractivity (Wildman–Crippen MR) is 103 cm³/mol. The second kappa shape index (κ2) is 7.26. The normalized spacial score (nSPS) is 16.7. The molecule has 128 valence electrons. The fourth-order valence-electron chi connectivity index (χ4n) is 3.80. The van der Waals surface area contributed by atoms with E-state index in [0.29, 0.717) is 0 Å². The molecule has 0 aromatic heterocycles. The molecule has 1 atom stereocenters. The van der Waals surface area contributed by atoms with Crippen LogP contribution in [0.1, 0.15) is 17.2 Å². The van der Waals surface area contributed by atoms with Crippen LogP contribution >= 0.6 is 0 Å². The van der Waals surface area contributed by atoms with E-state index in [-0.39, 0.29) is 6.04 Å². The molecule has 1 heterocycles. The standard InChI is InChI=1S/C22H24N2O/c1-25-19-11-9-18(10-12-19)22(24-15-13-23-14-16-24)21-8-4-6-17-5-2-3-7-20(17)21/h2-12,22-23H,13-16H2,1H3. The lowest BCUT2D eigenvalue weighted by Crippen LogP contribution is -2.45. The number of hydrogen-bond acceptors (Lipinski definition) is 3. The number of rotatable bonds is 4. The van der Waals surface area contributed by atoms with Crippen LogP contribution in [0.3, 0.4) is 0 Å². The molecule has 1 aliphatic rings. The number of methoxy groups -OCH3 is 1. The third kappa shape index (κ3) is 3.26. The summed E-state index contributed by atoms with van der Waals surface area (Å²) in [6.45, 7) is 4.19. The van der Waals surface area contributed by atoms with Gasteiger partial charge in [0.25, 0.3) is 0 Å². The monoisotopic (exact) mass is 332 g/mol. The van der Waals surface area contributed by atoms with Crippen LogP contribution in [0.15, 0.2) is 66.7 Å². The van der Waals surface area contributed by atoms with Gasteiger partial charge in [0.15, 0.2) is 0 Å². The molecule has 1 N–H and O–H groups in total. The van der Waals surface area contributed by atoms with Crippen molar-refractivity contribution in [2.24, 2.45) is 0 Å². The molecule has 0 amide bonds. The number of nitrogens with one attached hydrogen (secondary N) is 1. The number of ether oxygens (including phenoxy) is 1. The van der Waals surface area contributed by atoms with Gasteiger partial charge in [0, 0.05) is 26.2 Å². The Morgan fingerprint density at radius 1 is 0.880 bits per heavy atom. The lowest BCUT2D eigenvalue weighted by Gasteiger charge is -2.36. The van der Waals surface area contributed by atoms with Gasteiger partial charge in [0.2, 0.25) is 0 Å². The predicted octanol–water partition coefficient (Wildman–Crippen LogP) is 3.84. The van der Waals surface area contributed by atoms with Crippen LogP contribution in [0.25, 0.3) is 10.8 Å². The van der Waals surface area contributed by atoms with Crippen LogP contribution in [-0.2, 0) is 0 Å². The molecule has 3 nitrogen and oxygen atoms in total. The first-order valence-electron chi connectivity index (χ1n) is 8.93. The molecule has 3 aromatic carbocycles. The molecule has 0 spiro atoms. The van der Waals surface area contributed by atoms with Gasteiger partial charge in [-0.25, -0.2) is 0 Å². The number of hydrogen-bond donors (Lipinski definition) is 1. The van der Waals surface area contributed by atoms with Crippen LogP contribution in [0.5, 0.6) is 5.75 Å². The zero-order valence-electron chi connectivity index (χ0n) is 14.6. The summed E-state index contributed by atoms with van der Waals surface area (Å²) >= 11 is 0. The third-order valence-electron chi connectivity index (χ3n) is 5.07. The summed E-state index contributed by atoms with van der Waals surface area (Å²) in [7, 11) is 1.72. The van der Waals surface area contributed by atoms with Crippen molar-refractivity contribution >= 4 is 10.8 Å². The highest BCUT2D eigenvalue weighted by Gasteiger charge is 2.25. The molecule has 0 saturated carbocycles. The molecule has 4 rings (SSSR count). The van der Waals surface area contributed by atoms with Gasteiger partial charge < -0.3 is 10.1 Å². The van der Waals surface area contributed by atoms with Gasteiger partial charge >= 0.3 is 0 Å². The highest BCUT2D eigenvalue weighted by Crippen LogP contribution is 2.34. The summed E-state index contributed by atoms with van der Waals surface area (Å²) in [4.78, 5) is 2.58. The van der Waals surface area contributed by atoms with E-state index in [2.05, 4.69) is 76.9 Å². The summed E-state index contributed by atoms with van der Waals surface area (Å²) in [5, 5.41) is 6.10. The Labute approximate surface area is 149 Å². The summed E-state index contributed by atoms with van der Waals surface area (Å²) in [5.41, 5.74) is 2.70. The maximum absolute atomic E-state index is 5.35. The zero-order chi connectivity index (χ0) is 17.1. The molecular weight excluding hydrogens is 308 g/mol. The fraction of sp³-hybridized carbons (Fsp3) is 0.273. The summed E-state index contributed by atoms with van der Waals surface area (Å²) in [6, 6.07) is 24.1. The second-order valence-electron chi connectivity index (χ2n) is 6.53. The van der Waals surface area contributed by atoms with Crippen molar-refractivity contribution in [1.82, 2.24) is 10.2 Å². The van der Waals surface area contributed by atoms with E-state index in [4.69, 9.17) is 4.74 Å². The number of benzene rings is 3. The average molecular weight is 332 g/mol. The Kier molecular flexibility index (Phi) is 4.68. The molecule has 1 unspecified atom stereocenters. The average Bonchev–Trinajstić information content (AvgIpc) is 2.70. The van der Waals surface area contributed by atoms with Gasteiger partial charge in [-0.3, -0.25) is 4.90 Å². The smallest absolute Gasteiger partial charge is 0.118 e. The van der Waals surface area contributed by atoms with Crippen LogP contribution in [0.2, 0.25) is 0 Å². The van der Waals surface area contributed by atoms with Crippen molar-refractivity contribution in [2.45, 2.75) is 6.04 Å². The molecule has 1 saturated heterocycles. The highest BCUT2D eigenvalue weighted by atomic mass is 16.5. The Balaban J connectivity index is 1.83. The minimum absolute atomic E-state index is 0.263. The summed E-state index contributed by atoms with van der Waals surface area (Å²) < 4.78 is 5.35. The van der Waals surface area contributed by atoms with Gasteiger partial charge in [-0.05, 0) is 34.0 Å². The minimum atomic E-state index is 0.263. The number of fused-ring (bicyclic) bond motifs is 1. The Morgan fingerprint density at radius 2 is 1.60 bits per heavy atom. The van der Waals surface area contributed by atoms with E-state index in [1.807, 2.05) is 0 Å². The summed E-state index contributed by atoms with van der Waals surface area (Å²) in [5.74, 6) is 0.903. The SMILES string of the molecule is COc1ccc(C(c2cccc3ccccc23)N2CCNCC2)cc1. The van der Waals surface area contributed by atoms with Gasteiger partial charge in [-0.2, -0.15) is 0 Å². The molecule has 1 aliphatic heterocycles. The van der Waals surface area contributed by atoms with Crippen molar-refractivity contribution in [1.29, 1.82) is 0 Å². The minimum Gasteiger partial charge on any atom is -0.497 e. The first-order chi connectivity index (χ1) is 12.4. The van der Waals surface area contributed by atoms with E-state index in [0.717, 1.165) is 31.9 Å². The van der Waals surface area contributed by atoms with Crippen molar-refractivity contribution in [3.8, 4) is 5.75 Å². The highest BCUT2D eigenvalue weighted by molar-refractivity contribution is 5.86. The Hall–Kier alpha value is -2.36. The zero-order valence-corrected chi connectivity index (χ0v) is 14.6. The molecule has 0 radical (unpaired) electrons. The Bertz CT molecular complexity index is 833. The lowest BCUT2D eigenvalue weighted by molar-refractivity contribution is 0.199. The maximum atomic E-state index is 5.35. The van der Waals surface area contributed by atoms with Crippen LogP contribution < -0.4 is 10.1 Å². The fourth-order valence-corrected chi connectivity index (χ4v) is 3.80. The summed E-state index contributed by atoms with van der Waals surface area (Å²) in [6.07, 6.45) is 0. The lowest BCUT2D eigenvalue weighted by atomic mass is 9.92. The molecule has 0 bridgehead atoms. The van der Waals surface area contributed by atoms with Gasteiger partial charge in [-0.1, -0.05) is 54.6 Å².